The quantitative estimate of drug-likeness (QED) is 0.484. The van der Waals surface area contributed by atoms with Gasteiger partial charge in [-0.3, -0.25) is 24.1 Å². The lowest BCUT2D eigenvalue weighted by Crippen LogP contribution is -2.76. The van der Waals surface area contributed by atoms with E-state index in [0.29, 0.717) is 19.5 Å². The fourth-order valence-corrected chi connectivity index (χ4v) is 6.21. The maximum atomic E-state index is 13.3. The van der Waals surface area contributed by atoms with Crippen LogP contribution in [0.3, 0.4) is 0 Å². The molecule has 4 bridgehead atoms. The van der Waals surface area contributed by atoms with Crippen molar-refractivity contribution < 1.29 is 19.2 Å². The first-order chi connectivity index (χ1) is 12.3. The minimum absolute atomic E-state index is 0.0225. The van der Waals surface area contributed by atoms with Crippen molar-refractivity contribution >= 4 is 23.6 Å². The highest BCUT2D eigenvalue weighted by molar-refractivity contribution is 6.11. The molecule has 6 rings (SSSR count). The first kappa shape index (κ1) is 16.0. The van der Waals surface area contributed by atoms with Gasteiger partial charge in [0.1, 0.15) is 0 Å². The van der Waals surface area contributed by atoms with Crippen LogP contribution in [0.4, 0.5) is 0 Å². The summed E-state index contributed by atoms with van der Waals surface area (Å²) >= 11 is 0. The Hall–Kier alpha value is -2.18. The molecule has 0 aromatic heterocycles. The maximum Gasteiger partial charge on any atom is 0.236 e. The van der Waals surface area contributed by atoms with Gasteiger partial charge >= 0.3 is 0 Å². The summed E-state index contributed by atoms with van der Waals surface area (Å²) in [5.74, 6) is -2.67. The maximum absolute atomic E-state index is 13.3. The van der Waals surface area contributed by atoms with Crippen LogP contribution in [0, 0.1) is 29.6 Å². The van der Waals surface area contributed by atoms with Crippen LogP contribution >= 0.6 is 0 Å². The molecule has 4 fully saturated rings. The fraction of sp³-hybridized carbons (Fsp3) is 0.684. The molecule has 5 aliphatic heterocycles. The van der Waals surface area contributed by atoms with Crippen LogP contribution in [-0.2, 0) is 19.2 Å². The molecule has 6 atom stereocenters. The predicted octanol–water partition coefficient (Wildman–Crippen LogP) is -0.129. The van der Waals surface area contributed by atoms with Crippen molar-refractivity contribution in [3.05, 3.63) is 12.2 Å². The zero-order chi connectivity index (χ0) is 18.5. The summed E-state index contributed by atoms with van der Waals surface area (Å²) in [6.07, 6.45) is 4.37. The van der Waals surface area contributed by atoms with E-state index in [0.717, 1.165) is 0 Å². The molecule has 0 saturated carbocycles. The van der Waals surface area contributed by atoms with Gasteiger partial charge in [-0.1, -0.05) is 12.2 Å². The van der Waals surface area contributed by atoms with Gasteiger partial charge in [0.15, 0.2) is 0 Å². The smallest absolute Gasteiger partial charge is 0.236 e. The Kier molecular flexibility index (Phi) is 2.93. The van der Waals surface area contributed by atoms with Crippen molar-refractivity contribution in [2.24, 2.45) is 29.6 Å². The molecule has 0 aromatic carbocycles. The van der Waals surface area contributed by atoms with E-state index in [2.05, 4.69) is 0 Å². The minimum Gasteiger partial charge on any atom is -0.345 e. The Balaban J connectivity index is 1.71. The lowest BCUT2D eigenvalue weighted by atomic mass is 9.54. The lowest BCUT2D eigenvalue weighted by molar-refractivity contribution is -0.181. The number of nitrogens with zero attached hydrogens (tertiary/aromatic N) is 3. The van der Waals surface area contributed by atoms with E-state index in [1.165, 1.54) is 4.90 Å². The van der Waals surface area contributed by atoms with Crippen LogP contribution in [-0.4, -0.2) is 70.0 Å². The van der Waals surface area contributed by atoms with Gasteiger partial charge in [-0.2, -0.15) is 0 Å². The second-order valence-corrected chi connectivity index (χ2v) is 8.74. The van der Waals surface area contributed by atoms with E-state index >= 15 is 0 Å². The van der Waals surface area contributed by atoms with E-state index in [4.69, 9.17) is 0 Å². The van der Waals surface area contributed by atoms with Gasteiger partial charge in [-0.05, 0) is 26.2 Å². The normalized spacial score (nSPS) is 43.5. The summed E-state index contributed by atoms with van der Waals surface area (Å²) in [6.45, 7) is 4.83. The van der Waals surface area contributed by atoms with Gasteiger partial charge < -0.3 is 9.80 Å². The van der Waals surface area contributed by atoms with Crippen molar-refractivity contribution in [1.82, 2.24) is 14.7 Å². The molecule has 26 heavy (non-hydrogen) atoms. The second-order valence-electron chi connectivity index (χ2n) is 8.74. The zero-order valence-corrected chi connectivity index (χ0v) is 15.2. The van der Waals surface area contributed by atoms with Gasteiger partial charge in [-0.25, -0.2) is 0 Å². The highest BCUT2D eigenvalue weighted by atomic mass is 16.2. The first-order valence-corrected chi connectivity index (χ1v) is 9.41. The molecular formula is C19H23N3O4. The molecule has 5 heterocycles. The van der Waals surface area contributed by atoms with Crippen molar-refractivity contribution in [3.8, 4) is 0 Å². The Morgan fingerprint density at radius 1 is 1.04 bits per heavy atom. The summed E-state index contributed by atoms with van der Waals surface area (Å²) in [4.78, 5) is 57.3. The topological polar surface area (TPSA) is 78.0 Å². The van der Waals surface area contributed by atoms with Gasteiger partial charge in [0.2, 0.25) is 23.6 Å². The number of fused-ring (bicyclic) bond motifs is 2. The molecule has 7 heteroatoms. The number of hydrogen-bond acceptors (Lipinski definition) is 4. The molecule has 0 aromatic rings. The van der Waals surface area contributed by atoms with E-state index in [9.17, 15) is 19.2 Å². The van der Waals surface area contributed by atoms with Crippen molar-refractivity contribution in [2.45, 2.75) is 31.8 Å². The van der Waals surface area contributed by atoms with Crippen LogP contribution in [0.2, 0.25) is 0 Å². The Labute approximate surface area is 152 Å². The summed E-state index contributed by atoms with van der Waals surface area (Å²) in [5.41, 5.74) is -0.977. The van der Waals surface area contributed by atoms with E-state index in [1.807, 2.05) is 19.9 Å². The third-order valence-electron chi connectivity index (χ3n) is 7.15. The molecule has 6 aliphatic rings. The Morgan fingerprint density at radius 2 is 1.77 bits per heavy atom. The molecule has 0 radical (unpaired) electrons. The molecule has 4 saturated heterocycles. The monoisotopic (exact) mass is 357 g/mol. The molecule has 138 valence electrons. The predicted molar refractivity (Wildman–Crippen MR) is 90.3 cm³/mol. The molecule has 0 N–H and O–H groups in total. The highest BCUT2D eigenvalue weighted by Gasteiger charge is 2.73. The lowest BCUT2D eigenvalue weighted by Gasteiger charge is -2.63. The number of imide groups is 1. The van der Waals surface area contributed by atoms with Gasteiger partial charge in [0, 0.05) is 26.2 Å². The average molecular weight is 357 g/mol. The van der Waals surface area contributed by atoms with E-state index in [1.54, 1.807) is 22.9 Å². The molecular weight excluding hydrogens is 334 g/mol. The number of hydrogen-bond donors (Lipinski definition) is 0. The number of carbonyl (C=O) groups excluding carboxylic acids is 4. The third-order valence-corrected chi connectivity index (χ3v) is 7.15. The Morgan fingerprint density at radius 3 is 2.46 bits per heavy atom. The summed E-state index contributed by atoms with van der Waals surface area (Å²) in [7, 11) is 1.79. The molecule has 1 spiro atoms. The zero-order valence-electron chi connectivity index (χ0n) is 15.2. The van der Waals surface area contributed by atoms with Crippen LogP contribution in [0.5, 0.6) is 0 Å². The summed E-state index contributed by atoms with van der Waals surface area (Å²) in [5, 5.41) is 0. The Bertz CT molecular complexity index is 790. The van der Waals surface area contributed by atoms with Gasteiger partial charge in [0.05, 0.1) is 29.2 Å². The fourth-order valence-electron chi connectivity index (χ4n) is 6.21. The number of rotatable bonds is 1. The highest BCUT2D eigenvalue weighted by Crippen LogP contribution is 2.58. The first-order valence-electron chi connectivity index (χ1n) is 9.41. The summed E-state index contributed by atoms with van der Waals surface area (Å²) in [6, 6.07) is -0.249. The van der Waals surface area contributed by atoms with Gasteiger partial charge in [-0.15, -0.1) is 0 Å². The average Bonchev–Trinajstić information content (AvgIpc) is 2.87. The number of piperidine rings is 3. The standard InChI is InChI=1S/C19H23N3O4/c1-9(2)22-17(25)13-11-4-5-19(14(13)18(22)26)12-6-10(7-20(3)16(12)24)8-21(19)15(11)23/h4-5,9-14H,6-8H2,1-3H3/t10-,11-,12+,13+,14-,19-/m0/s1. The SMILES string of the molecule is CC(C)N1C(=O)[C@@H]2[C@@H]3C=C[C@]4([C@@H]5C[C@@H](CN(C)C5=O)CN4C3=O)[C@@H]2C1=O. The van der Waals surface area contributed by atoms with Crippen LogP contribution in [0.1, 0.15) is 20.3 Å². The molecule has 4 amide bonds. The second kappa shape index (κ2) is 4.75. The van der Waals surface area contributed by atoms with E-state index in [-0.39, 0.29) is 35.6 Å². The molecule has 0 unspecified atom stereocenters. The van der Waals surface area contributed by atoms with Crippen molar-refractivity contribution in [2.75, 3.05) is 20.1 Å². The summed E-state index contributed by atoms with van der Waals surface area (Å²) < 4.78 is 0. The van der Waals surface area contributed by atoms with Crippen molar-refractivity contribution in [3.63, 3.8) is 0 Å². The van der Waals surface area contributed by atoms with Crippen LogP contribution in [0.25, 0.3) is 0 Å². The third kappa shape index (κ3) is 1.56. The van der Waals surface area contributed by atoms with E-state index < -0.39 is 29.2 Å². The van der Waals surface area contributed by atoms with Gasteiger partial charge in [0.25, 0.3) is 0 Å². The number of carbonyl (C=O) groups is 4. The number of amides is 4. The van der Waals surface area contributed by atoms with Crippen LogP contribution in [0.15, 0.2) is 12.2 Å². The largest absolute Gasteiger partial charge is 0.345 e. The van der Waals surface area contributed by atoms with Crippen LogP contribution < -0.4 is 0 Å². The molecule has 7 nitrogen and oxygen atoms in total. The minimum atomic E-state index is -0.977. The molecule has 1 aliphatic carbocycles. The van der Waals surface area contributed by atoms with Crippen molar-refractivity contribution in [1.29, 1.82) is 0 Å². The number of likely N-dealkylation sites (tertiary alicyclic amines) is 2.